The SMILES string of the molecule is Nc1ccccc1CC(=O)Nc1cnc(Br)cn1. The number of nitrogen functional groups attached to an aromatic ring is 1. The van der Waals surface area contributed by atoms with Gasteiger partial charge in [0.25, 0.3) is 0 Å². The number of hydrogen-bond acceptors (Lipinski definition) is 4. The number of nitrogens with two attached hydrogens (primary N) is 1. The molecule has 2 aromatic rings. The molecule has 18 heavy (non-hydrogen) atoms. The second-order valence-corrected chi connectivity index (χ2v) is 4.46. The lowest BCUT2D eigenvalue weighted by Crippen LogP contribution is -2.16. The molecular weight excluding hydrogens is 296 g/mol. The Bertz CT molecular complexity index is 556. The zero-order valence-corrected chi connectivity index (χ0v) is 11.0. The van der Waals surface area contributed by atoms with Crippen molar-refractivity contribution in [3.05, 3.63) is 46.8 Å². The molecule has 0 saturated carbocycles. The van der Waals surface area contributed by atoms with Gasteiger partial charge in [0, 0.05) is 5.69 Å². The molecule has 6 heteroatoms. The van der Waals surface area contributed by atoms with Crippen LogP contribution in [0.4, 0.5) is 11.5 Å². The van der Waals surface area contributed by atoms with Gasteiger partial charge < -0.3 is 11.1 Å². The van der Waals surface area contributed by atoms with E-state index in [1.807, 2.05) is 18.2 Å². The molecule has 92 valence electrons. The maximum Gasteiger partial charge on any atom is 0.230 e. The average Bonchev–Trinajstić information content (AvgIpc) is 2.35. The summed E-state index contributed by atoms with van der Waals surface area (Å²) < 4.78 is 0.618. The highest BCUT2D eigenvalue weighted by atomic mass is 79.9. The van der Waals surface area contributed by atoms with Crippen LogP contribution in [-0.4, -0.2) is 15.9 Å². The van der Waals surface area contributed by atoms with Gasteiger partial charge in [-0.3, -0.25) is 4.79 Å². The zero-order chi connectivity index (χ0) is 13.0. The van der Waals surface area contributed by atoms with Crippen molar-refractivity contribution in [2.75, 3.05) is 11.1 Å². The molecule has 0 unspecified atom stereocenters. The maximum absolute atomic E-state index is 11.8. The monoisotopic (exact) mass is 306 g/mol. The first-order valence-electron chi connectivity index (χ1n) is 5.26. The van der Waals surface area contributed by atoms with Crippen LogP contribution < -0.4 is 11.1 Å². The van der Waals surface area contributed by atoms with Crippen molar-refractivity contribution >= 4 is 33.3 Å². The Kier molecular flexibility index (Phi) is 3.88. The third-order valence-electron chi connectivity index (χ3n) is 2.29. The summed E-state index contributed by atoms with van der Waals surface area (Å²) in [6.45, 7) is 0. The smallest absolute Gasteiger partial charge is 0.230 e. The van der Waals surface area contributed by atoms with Crippen LogP contribution in [0, 0.1) is 0 Å². The van der Waals surface area contributed by atoms with E-state index in [9.17, 15) is 4.79 Å². The Morgan fingerprint density at radius 2 is 2.06 bits per heavy atom. The van der Waals surface area contributed by atoms with Crippen molar-refractivity contribution in [2.24, 2.45) is 0 Å². The number of halogens is 1. The number of carbonyl (C=O) groups excluding carboxylic acids is 1. The van der Waals surface area contributed by atoms with E-state index in [4.69, 9.17) is 5.73 Å². The molecule has 1 amide bonds. The first-order valence-corrected chi connectivity index (χ1v) is 6.05. The van der Waals surface area contributed by atoms with Crippen molar-refractivity contribution in [1.82, 2.24) is 9.97 Å². The normalized spacial score (nSPS) is 10.1. The third kappa shape index (κ3) is 3.27. The predicted molar refractivity (Wildman–Crippen MR) is 72.9 cm³/mol. The van der Waals surface area contributed by atoms with E-state index in [-0.39, 0.29) is 12.3 Å². The molecule has 5 nitrogen and oxygen atoms in total. The van der Waals surface area contributed by atoms with Gasteiger partial charge in [0.1, 0.15) is 4.60 Å². The van der Waals surface area contributed by atoms with Gasteiger partial charge in [-0.05, 0) is 27.6 Å². The number of hydrogen-bond donors (Lipinski definition) is 2. The van der Waals surface area contributed by atoms with Crippen LogP contribution in [0.1, 0.15) is 5.56 Å². The molecule has 1 aromatic carbocycles. The molecule has 0 bridgehead atoms. The second-order valence-electron chi connectivity index (χ2n) is 3.65. The molecular formula is C12H11BrN4O. The molecule has 0 saturated heterocycles. The van der Waals surface area contributed by atoms with Crippen molar-refractivity contribution < 1.29 is 4.79 Å². The standard InChI is InChI=1S/C12H11BrN4O/c13-10-6-16-11(7-15-10)17-12(18)5-8-3-1-2-4-9(8)14/h1-4,6-7H,5,14H2,(H,16,17,18). The number of nitrogens with one attached hydrogen (secondary N) is 1. The molecule has 2 rings (SSSR count). The number of benzene rings is 1. The predicted octanol–water partition coefficient (Wildman–Crippen LogP) is 2.00. The molecule has 0 spiro atoms. The molecule has 1 aromatic heterocycles. The third-order valence-corrected chi connectivity index (χ3v) is 2.70. The highest BCUT2D eigenvalue weighted by Gasteiger charge is 2.07. The van der Waals surface area contributed by atoms with Crippen molar-refractivity contribution in [3.8, 4) is 0 Å². The number of carbonyl (C=O) groups is 1. The number of amides is 1. The minimum absolute atomic E-state index is 0.176. The number of anilines is 2. The fourth-order valence-corrected chi connectivity index (χ4v) is 1.64. The summed E-state index contributed by atoms with van der Waals surface area (Å²) in [6, 6.07) is 7.26. The molecule has 0 aliphatic heterocycles. The minimum Gasteiger partial charge on any atom is -0.398 e. The van der Waals surface area contributed by atoms with Crippen LogP contribution in [-0.2, 0) is 11.2 Å². The second kappa shape index (κ2) is 5.59. The van der Waals surface area contributed by atoms with Gasteiger partial charge in [-0.15, -0.1) is 0 Å². The van der Waals surface area contributed by atoms with E-state index < -0.39 is 0 Å². The topological polar surface area (TPSA) is 80.9 Å². The van der Waals surface area contributed by atoms with Gasteiger partial charge in [-0.25, -0.2) is 9.97 Å². The van der Waals surface area contributed by atoms with Crippen molar-refractivity contribution in [1.29, 1.82) is 0 Å². The Morgan fingerprint density at radius 1 is 1.28 bits per heavy atom. The summed E-state index contributed by atoms with van der Waals surface area (Å²) in [7, 11) is 0. The zero-order valence-electron chi connectivity index (χ0n) is 9.43. The van der Waals surface area contributed by atoms with Crippen LogP contribution in [0.25, 0.3) is 0 Å². The van der Waals surface area contributed by atoms with Gasteiger partial charge in [0.05, 0.1) is 18.8 Å². The van der Waals surface area contributed by atoms with Gasteiger partial charge in [0.15, 0.2) is 5.82 Å². The summed E-state index contributed by atoms with van der Waals surface area (Å²) >= 11 is 3.17. The summed E-state index contributed by atoms with van der Waals surface area (Å²) in [4.78, 5) is 19.8. The lowest BCUT2D eigenvalue weighted by molar-refractivity contribution is -0.115. The molecule has 0 aliphatic carbocycles. The molecule has 0 fully saturated rings. The van der Waals surface area contributed by atoms with E-state index in [2.05, 4.69) is 31.2 Å². The lowest BCUT2D eigenvalue weighted by atomic mass is 10.1. The molecule has 3 N–H and O–H groups in total. The first-order chi connectivity index (χ1) is 8.65. The van der Waals surface area contributed by atoms with Gasteiger partial charge in [-0.1, -0.05) is 18.2 Å². The van der Waals surface area contributed by atoms with Crippen LogP contribution >= 0.6 is 15.9 Å². The quantitative estimate of drug-likeness (QED) is 0.850. The van der Waals surface area contributed by atoms with Crippen molar-refractivity contribution in [2.45, 2.75) is 6.42 Å². The van der Waals surface area contributed by atoms with Crippen LogP contribution in [0.15, 0.2) is 41.3 Å². The van der Waals surface area contributed by atoms with E-state index in [1.165, 1.54) is 12.4 Å². The summed E-state index contributed by atoms with van der Waals surface area (Å²) in [5.41, 5.74) is 7.17. The van der Waals surface area contributed by atoms with Gasteiger partial charge in [0.2, 0.25) is 5.91 Å². The maximum atomic E-state index is 11.8. The average molecular weight is 307 g/mol. The Hall–Kier alpha value is -1.95. The van der Waals surface area contributed by atoms with Crippen LogP contribution in [0.2, 0.25) is 0 Å². The van der Waals surface area contributed by atoms with E-state index in [0.29, 0.717) is 16.1 Å². The molecule has 1 heterocycles. The van der Waals surface area contributed by atoms with Crippen LogP contribution in [0.5, 0.6) is 0 Å². The van der Waals surface area contributed by atoms with Gasteiger partial charge in [-0.2, -0.15) is 0 Å². The molecule has 0 aliphatic rings. The minimum atomic E-state index is -0.176. The highest BCUT2D eigenvalue weighted by molar-refractivity contribution is 9.10. The van der Waals surface area contributed by atoms with Crippen LogP contribution in [0.3, 0.4) is 0 Å². The lowest BCUT2D eigenvalue weighted by Gasteiger charge is -2.06. The van der Waals surface area contributed by atoms with E-state index in [1.54, 1.807) is 6.07 Å². The Balaban J connectivity index is 2.01. The largest absolute Gasteiger partial charge is 0.398 e. The van der Waals surface area contributed by atoms with E-state index >= 15 is 0 Å². The first kappa shape index (κ1) is 12.5. The molecule has 0 radical (unpaired) electrons. The Morgan fingerprint density at radius 3 is 2.72 bits per heavy atom. The van der Waals surface area contributed by atoms with Gasteiger partial charge >= 0.3 is 0 Å². The van der Waals surface area contributed by atoms with Crippen molar-refractivity contribution in [3.63, 3.8) is 0 Å². The summed E-state index contributed by atoms with van der Waals surface area (Å²) in [6.07, 6.45) is 3.22. The number of aromatic nitrogens is 2. The summed E-state index contributed by atoms with van der Waals surface area (Å²) in [5, 5.41) is 2.66. The number of nitrogens with zero attached hydrogens (tertiary/aromatic N) is 2. The number of rotatable bonds is 3. The molecule has 0 atom stereocenters. The highest BCUT2D eigenvalue weighted by Crippen LogP contribution is 2.12. The fourth-order valence-electron chi connectivity index (χ4n) is 1.43. The Labute approximate surface area is 113 Å². The fraction of sp³-hybridized carbons (Fsp3) is 0.0833. The number of para-hydroxylation sites is 1. The summed E-state index contributed by atoms with van der Waals surface area (Å²) in [5.74, 6) is 0.238. The van der Waals surface area contributed by atoms with E-state index in [0.717, 1.165) is 5.56 Å².